The Morgan fingerprint density at radius 3 is 2.73 bits per heavy atom. The minimum Gasteiger partial charge on any atom is -0.368 e. The van der Waals surface area contributed by atoms with Gasteiger partial charge in [0, 0.05) is 65.9 Å². The molecular weight excluding hydrogens is 416 g/mol. The van der Waals surface area contributed by atoms with Crippen molar-refractivity contribution in [3.8, 4) is 22.4 Å². The van der Waals surface area contributed by atoms with E-state index in [1.807, 2.05) is 48.1 Å². The van der Waals surface area contributed by atoms with E-state index in [2.05, 4.69) is 37.3 Å². The standard InChI is InChI=1S/C24H28N8O/c1-3-17-10-21(30-24(25)29-17)20-13-27-23-19(20)9-15(11-26-23)16-12-28-32(14-16)18-5-7-31(8-6-18)22(33)4-2/h9-14,18H,3-8H2,1-2H3,(H,26,27)(H2,25,29,30). The lowest BCUT2D eigenvalue weighted by Crippen LogP contribution is -2.38. The molecule has 0 unspecified atom stereocenters. The Morgan fingerprint density at radius 1 is 1.15 bits per heavy atom. The fourth-order valence-corrected chi connectivity index (χ4v) is 4.50. The van der Waals surface area contributed by atoms with Crippen LogP contribution in [0.4, 0.5) is 5.95 Å². The molecule has 0 atom stereocenters. The SMILES string of the molecule is CCC(=O)N1CCC(n2cc(-c3cnc4[nH]cc(-c5cc(CC)nc(N)n5)c4c3)cn2)CC1. The number of fused-ring (bicyclic) bond motifs is 1. The number of aryl methyl sites for hydroxylation is 1. The van der Waals surface area contributed by atoms with Gasteiger partial charge in [0.1, 0.15) is 5.65 Å². The minimum absolute atomic E-state index is 0.229. The summed E-state index contributed by atoms with van der Waals surface area (Å²) in [5, 5.41) is 5.61. The number of nitrogens with zero attached hydrogens (tertiary/aromatic N) is 6. The number of likely N-dealkylation sites (tertiary alicyclic amines) is 1. The molecule has 1 saturated heterocycles. The van der Waals surface area contributed by atoms with Gasteiger partial charge in [-0.2, -0.15) is 5.10 Å². The normalized spacial score (nSPS) is 14.8. The first kappa shape index (κ1) is 21.1. The molecule has 0 aromatic carbocycles. The van der Waals surface area contributed by atoms with E-state index in [0.29, 0.717) is 12.5 Å². The van der Waals surface area contributed by atoms with Crippen LogP contribution in [0.1, 0.15) is 44.8 Å². The Balaban J connectivity index is 1.42. The van der Waals surface area contributed by atoms with Gasteiger partial charge in [0.25, 0.3) is 0 Å². The van der Waals surface area contributed by atoms with Crippen molar-refractivity contribution in [1.29, 1.82) is 0 Å². The number of aromatic amines is 1. The third-order valence-electron chi connectivity index (χ3n) is 6.39. The Hall–Kier alpha value is -3.75. The van der Waals surface area contributed by atoms with Crippen molar-refractivity contribution in [3.63, 3.8) is 0 Å². The first-order valence-electron chi connectivity index (χ1n) is 11.5. The number of piperidine rings is 1. The molecule has 5 heterocycles. The van der Waals surface area contributed by atoms with E-state index in [1.165, 1.54) is 0 Å². The maximum Gasteiger partial charge on any atom is 0.222 e. The van der Waals surface area contributed by atoms with Crippen molar-refractivity contribution < 1.29 is 4.79 Å². The van der Waals surface area contributed by atoms with E-state index in [1.54, 1.807) is 0 Å². The van der Waals surface area contributed by atoms with Gasteiger partial charge >= 0.3 is 0 Å². The van der Waals surface area contributed by atoms with Crippen LogP contribution in [0, 0.1) is 0 Å². The fourth-order valence-electron chi connectivity index (χ4n) is 4.50. The van der Waals surface area contributed by atoms with E-state index in [4.69, 9.17) is 5.73 Å². The summed E-state index contributed by atoms with van der Waals surface area (Å²) >= 11 is 0. The number of carbonyl (C=O) groups is 1. The molecule has 33 heavy (non-hydrogen) atoms. The molecule has 9 heteroatoms. The highest BCUT2D eigenvalue weighted by Crippen LogP contribution is 2.31. The summed E-state index contributed by atoms with van der Waals surface area (Å²) in [6, 6.07) is 4.39. The topological polar surface area (TPSA) is 119 Å². The van der Waals surface area contributed by atoms with Gasteiger partial charge in [0.05, 0.1) is 17.9 Å². The Bertz CT molecular complexity index is 1300. The molecule has 0 spiro atoms. The van der Waals surface area contributed by atoms with Gasteiger partial charge in [-0.05, 0) is 31.4 Å². The summed E-state index contributed by atoms with van der Waals surface area (Å²) in [6.07, 6.45) is 10.9. The van der Waals surface area contributed by atoms with E-state index < -0.39 is 0 Å². The third-order valence-corrected chi connectivity index (χ3v) is 6.39. The van der Waals surface area contributed by atoms with Crippen molar-refractivity contribution in [2.45, 2.75) is 45.6 Å². The lowest BCUT2D eigenvalue weighted by molar-refractivity contribution is -0.132. The van der Waals surface area contributed by atoms with Gasteiger partial charge in [0.2, 0.25) is 11.9 Å². The monoisotopic (exact) mass is 444 g/mol. The number of hydrogen-bond acceptors (Lipinski definition) is 6. The molecule has 4 aromatic rings. The summed E-state index contributed by atoms with van der Waals surface area (Å²) in [6.45, 7) is 5.53. The molecular formula is C24H28N8O. The number of pyridine rings is 1. The summed E-state index contributed by atoms with van der Waals surface area (Å²) in [7, 11) is 0. The number of anilines is 1. The largest absolute Gasteiger partial charge is 0.368 e. The molecule has 1 aliphatic rings. The smallest absolute Gasteiger partial charge is 0.222 e. The molecule has 1 aliphatic heterocycles. The van der Waals surface area contributed by atoms with Crippen LogP contribution < -0.4 is 5.73 Å². The van der Waals surface area contributed by atoms with Gasteiger partial charge in [-0.1, -0.05) is 13.8 Å². The second-order valence-corrected chi connectivity index (χ2v) is 8.45. The van der Waals surface area contributed by atoms with Crippen LogP contribution in [-0.4, -0.2) is 53.6 Å². The van der Waals surface area contributed by atoms with Crippen molar-refractivity contribution >= 4 is 22.9 Å². The van der Waals surface area contributed by atoms with Crippen LogP contribution >= 0.6 is 0 Å². The Labute approximate surface area is 192 Å². The zero-order chi connectivity index (χ0) is 22.9. The third kappa shape index (κ3) is 4.06. The number of amides is 1. The van der Waals surface area contributed by atoms with Gasteiger partial charge < -0.3 is 15.6 Å². The number of nitrogens with one attached hydrogen (secondary N) is 1. The summed E-state index contributed by atoms with van der Waals surface area (Å²) in [4.78, 5) is 30.5. The van der Waals surface area contributed by atoms with Crippen LogP contribution in [0.2, 0.25) is 0 Å². The molecule has 0 saturated carbocycles. The number of rotatable bonds is 5. The van der Waals surface area contributed by atoms with Crippen LogP contribution in [0.5, 0.6) is 0 Å². The molecule has 1 fully saturated rings. The molecule has 0 bridgehead atoms. The predicted molar refractivity (Wildman–Crippen MR) is 127 cm³/mol. The lowest BCUT2D eigenvalue weighted by atomic mass is 10.0. The molecule has 170 valence electrons. The molecule has 9 nitrogen and oxygen atoms in total. The van der Waals surface area contributed by atoms with Gasteiger partial charge in [-0.3, -0.25) is 9.48 Å². The highest BCUT2D eigenvalue weighted by atomic mass is 16.2. The maximum atomic E-state index is 11.9. The van der Waals surface area contributed by atoms with Crippen LogP contribution in [0.15, 0.2) is 36.9 Å². The molecule has 0 radical (unpaired) electrons. The number of hydrogen-bond donors (Lipinski definition) is 2. The summed E-state index contributed by atoms with van der Waals surface area (Å²) in [5.74, 6) is 0.503. The zero-order valence-corrected chi connectivity index (χ0v) is 19.0. The molecule has 5 rings (SSSR count). The Morgan fingerprint density at radius 2 is 1.97 bits per heavy atom. The molecule has 1 amide bonds. The van der Waals surface area contributed by atoms with Crippen molar-refractivity contribution in [2.24, 2.45) is 0 Å². The van der Waals surface area contributed by atoms with E-state index in [9.17, 15) is 4.79 Å². The lowest BCUT2D eigenvalue weighted by Gasteiger charge is -2.31. The van der Waals surface area contributed by atoms with Crippen molar-refractivity contribution in [2.75, 3.05) is 18.8 Å². The molecule has 4 aromatic heterocycles. The number of nitrogens with two attached hydrogens (primary N) is 1. The molecule has 3 N–H and O–H groups in total. The number of carbonyl (C=O) groups excluding carboxylic acids is 1. The van der Waals surface area contributed by atoms with Crippen molar-refractivity contribution in [3.05, 3.63) is 42.6 Å². The maximum absolute atomic E-state index is 11.9. The average molecular weight is 445 g/mol. The molecule has 0 aliphatic carbocycles. The van der Waals surface area contributed by atoms with Crippen LogP contribution in [0.25, 0.3) is 33.4 Å². The predicted octanol–water partition coefficient (Wildman–Crippen LogP) is 3.60. The highest BCUT2D eigenvalue weighted by Gasteiger charge is 2.23. The highest BCUT2D eigenvalue weighted by molar-refractivity contribution is 5.95. The van der Waals surface area contributed by atoms with Gasteiger partial charge in [-0.15, -0.1) is 0 Å². The first-order valence-corrected chi connectivity index (χ1v) is 11.5. The minimum atomic E-state index is 0.229. The van der Waals surface area contributed by atoms with Crippen LogP contribution in [-0.2, 0) is 11.2 Å². The van der Waals surface area contributed by atoms with Crippen LogP contribution in [0.3, 0.4) is 0 Å². The van der Waals surface area contributed by atoms with E-state index >= 15 is 0 Å². The second kappa shape index (κ2) is 8.65. The van der Waals surface area contributed by atoms with E-state index in [-0.39, 0.29) is 11.9 Å². The number of aromatic nitrogens is 6. The second-order valence-electron chi connectivity index (χ2n) is 8.45. The average Bonchev–Trinajstić information content (AvgIpc) is 3.50. The van der Waals surface area contributed by atoms with Gasteiger partial charge in [0.15, 0.2) is 0 Å². The first-order chi connectivity index (χ1) is 16.1. The zero-order valence-electron chi connectivity index (χ0n) is 19.0. The Kier molecular flexibility index (Phi) is 5.53. The summed E-state index contributed by atoms with van der Waals surface area (Å²) < 4.78 is 2.03. The number of nitrogen functional groups attached to an aromatic ring is 1. The quantitative estimate of drug-likeness (QED) is 0.485. The summed E-state index contributed by atoms with van der Waals surface area (Å²) in [5.41, 5.74) is 11.4. The van der Waals surface area contributed by atoms with Gasteiger partial charge in [-0.25, -0.2) is 15.0 Å². The number of H-pyrrole nitrogens is 1. The van der Waals surface area contributed by atoms with Crippen molar-refractivity contribution in [1.82, 2.24) is 34.6 Å². The fraction of sp³-hybridized carbons (Fsp3) is 0.375. The van der Waals surface area contributed by atoms with E-state index in [0.717, 1.165) is 71.5 Å².